The summed E-state index contributed by atoms with van der Waals surface area (Å²) >= 11 is 0. The number of nitrogens with zero attached hydrogens (tertiary/aromatic N) is 4. The molecule has 0 saturated carbocycles. The molecule has 1 aromatic carbocycles. The van der Waals surface area contributed by atoms with Gasteiger partial charge in [0.25, 0.3) is 5.91 Å². The lowest BCUT2D eigenvalue weighted by Crippen LogP contribution is -2.32. The van der Waals surface area contributed by atoms with E-state index in [1.807, 2.05) is 47.2 Å². The van der Waals surface area contributed by atoms with Crippen LogP contribution in [0.4, 0.5) is 11.6 Å². The van der Waals surface area contributed by atoms with E-state index in [2.05, 4.69) is 9.97 Å². The fourth-order valence-corrected chi connectivity index (χ4v) is 2.83. The Morgan fingerprint density at radius 1 is 1.04 bits per heavy atom. The highest BCUT2D eigenvalue weighted by molar-refractivity contribution is 5.92. The molecule has 1 fully saturated rings. The molecule has 0 aliphatic carbocycles. The zero-order chi connectivity index (χ0) is 16.1. The lowest BCUT2D eigenvalue weighted by atomic mass is 10.2. The Hall–Kier alpha value is -2.43. The Labute approximate surface area is 137 Å². The minimum atomic E-state index is 0.0111. The van der Waals surface area contributed by atoms with Crippen molar-refractivity contribution in [3.8, 4) is 0 Å². The fourth-order valence-electron chi connectivity index (χ4n) is 2.83. The first-order valence-electron chi connectivity index (χ1n) is 8.17. The van der Waals surface area contributed by atoms with E-state index >= 15 is 0 Å². The van der Waals surface area contributed by atoms with Crippen LogP contribution in [0, 0.1) is 0 Å². The van der Waals surface area contributed by atoms with Crippen molar-refractivity contribution < 1.29 is 4.79 Å². The van der Waals surface area contributed by atoms with E-state index in [1.165, 1.54) is 12.8 Å². The van der Waals surface area contributed by atoms with Crippen molar-refractivity contribution in [2.75, 3.05) is 25.0 Å². The second kappa shape index (κ2) is 7.22. The fraction of sp³-hybridized carbons (Fsp3) is 0.389. The van der Waals surface area contributed by atoms with Crippen molar-refractivity contribution in [1.82, 2.24) is 14.9 Å². The summed E-state index contributed by atoms with van der Waals surface area (Å²) < 4.78 is 0. The second-order valence-corrected chi connectivity index (χ2v) is 5.84. The maximum Gasteiger partial charge on any atom is 0.272 e. The van der Waals surface area contributed by atoms with Crippen molar-refractivity contribution in [2.24, 2.45) is 0 Å². The minimum absolute atomic E-state index is 0.0111. The van der Waals surface area contributed by atoms with Gasteiger partial charge in [-0.15, -0.1) is 0 Å². The Balaban J connectivity index is 1.80. The van der Waals surface area contributed by atoms with Crippen LogP contribution in [0.3, 0.4) is 0 Å². The molecule has 3 rings (SSSR count). The van der Waals surface area contributed by atoms with Gasteiger partial charge in [0.2, 0.25) is 5.95 Å². The van der Waals surface area contributed by atoms with Crippen LogP contribution in [-0.4, -0.2) is 40.9 Å². The second-order valence-electron chi connectivity index (χ2n) is 5.84. The van der Waals surface area contributed by atoms with Gasteiger partial charge in [-0.3, -0.25) is 4.79 Å². The van der Waals surface area contributed by atoms with Gasteiger partial charge in [-0.25, -0.2) is 9.97 Å². The monoisotopic (exact) mass is 310 g/mol. The average Bonchev–Trinajstić information content (AvgIpc) is 2.91. The van der Waals surface area contributed by atoms with Gasteiger partial charge >= 0.3 is 0 Å². The van der Waals surface area contributed by atoms with Gasteiger partial charge in [0.1, 0.15) is 5.69 Å². The lowest BCUT2D eigenvalue weighted by molar-refractivity contribution is 0.0755. The molecule has 1 saturated heterocycles. The topological polar surface area (TPSA) is 49.3 Å². The number of benzene rings is 1. The van der Waals surface area contributed by atoms with E-state index in [0.717, 1.165) is 31.6 Å². The molecule has 1 aliphatic rings. The molecule has 5 nitrogen and oxygen atoms in total. The number of anilines is 2. The van der Waals surface area contributed by atoms with Crippen LogP contribution < -0.4 is 4.90 Å². The molecule has 0 bridgehead atoms. The molecule has 2 aromatic rings. The number of amides is 1. The summed E-state index contributed by atoms with van der Waals surface area (Å²) in [4.78, 5) is 25.3. The maximum atomic E-state index is 12.7. The Morgan fingerprint density at radius 3 is 2.43 bits per heavy atom. The normalized spacial score (nSPS) is 15.1. The van der Waals surface area contributed by atoms with Gasteiger partial charge in [0.15, 0.2) is 0 Å². The molecule has 0 atom stereocenters. The van der Waals surface area contributed by atoms with Crippen molar-refractivity contribution in [3.63, 3.8) is 0 Å². The molecule has 0 spiro atoms. The van der Waals surface area contributed by atoms with E-state index in [4.69, 9.17) is 0 Å². The SMILES string of the molecule is CN(c1ccccc1)c1nccc(C(=O)N2CCCCCC2)n1. The first-order chi connectivity index (χ1) is 11.3. The Bertz CT molecular complexity index is 651. The summed E-state index contributed by atoms with van der Waals surface area (Å²) in [5.41, 5.74) is 1.46. The molecule has 0 radical (unpaired) electrons. The number of carbonyl (C=O) groups excluding carboxylic acids is 1. The highest BCUT2D eigenvalue weighted by Crippen LogP contribution is 2.20. The quantitative estimate of drug-likeness (QED) is 0.873. The van der Waals surface area contributed by atoms with E-state index in [1.54, 1.807) is 12.3 Å². The molecule has 5 heteroatoms. The highest BCUT2D eigenvalue weighted by atomic mass is 16.2. The summed E-state index contributed by atoms with van der Waals surface area (Å²) in [6, 6.07) is 11.6. The lowest BCUT2D eigenvalue weighted by Gasteiger charge is -2.21. The van der Waals surface area contributed by atoms with E-state index in [9.17, 15) is 4.79 Å². The number of hydrogen-bond acceptors (Lipinski definition) is 4. The number of carbonyl (C=O) groups is 1. The Kier molecular flexibility index (Phi) is 4.86. The molecule has 1 aromatic heterocycles. The van der Waals surface area contributed by atoms with Crippen LogP contribution in [0.15, 0.2) is 42.6 Å². The largest absolute Gasteiger partial charge is 0.337 e. The maximum absolute atomic E-state index is 12.7. The number of aromatic nitrogens is 2. The third kappa shape index (κ3) is 3.67. The number of hydrogen-bond donors (Lipinski definition) is 0. The van der Waals surface area contributed by atoms with Crippen LogP contribution in [-0.2, 0) is 0 Å². The first kappa shape index (κ1) is 15.5. The third-order valence-electron chi connectivity index (χ3n) is 4.20. The van der Waals surface area contributed by atoms with Gasteiger partial charge in [-0.2, -0.15) is 0 Å². The van der Waals surface area contributed by atoms with Crippen LogP contribution in [0.5, 0.6) is 0 Å². The summed E-state index contributed by atoms with van der Waals surface area (Å²) in [7, 11) is 1.91. The standard InChI is InChI=1S/C18H22N4O/c1-21(15-9-5-4-6-10-15)18-19-12-11-16(20-18)17(23)22-13-7-2-3-8-14-22/h4-6,9-12H,2-3,7-8,13-14H2,1H3. The van der Waals surface area contributed by atoms with E-state index in [-0.39, 0.29) is 5.91 Å². The van der Waals surface area contributed by atoms with Gasteiger partial charge in [0, 0.05) is 32.0 Å². The molecule has 2 heterocycles. The smallest absolute Gasteiger partial charge is 0.272 e. The predicted molar refractivity (Wildman–Crippen MR) is 90.9 cm³/mol. The summed E-state index contributed by atoms with van der Waals surface area (Å²) in [5, 5.41) is 0. The van der Waals surface area contributed by atoms with Gasteiger partial charge in [0.05, 0.1) is 0 Å². The minimum Gasteiger partial charge on any atom is -0.337 e. The zero-order valence-corrected chi connectivity index (χ0v) is 13.5. The first-order valence-corrected chi connectivity index (χ1v) is 8.17. The van der Waals surface area contributed by atoms with E-state index in [0.29, 0.717) is 11.6 Å². The van der Waals surface area contributed by atoms with Crippen LogP contribution in [0.2, 0.25) is 0 Å². The molecule has 1 amide bonds. The summed E-state index contributed by atoms with van der Waals surface area (Å²) in [6.07, 6.45) is 6.22. The van der Waals surface area contributed by atoms with Crippen LogP contribution in [0.1, 0.15) is 36.2 Å². The predicted octanol–water partition coefficient (Wildman–Crippen LogP) is 3.26. The molecule has 120 valence electrons. The van der Waals surface area contributed by atoms with Crippen LogP contribution >= 0.6 is 0 Å². The van der Waals surface area contributed by atoms with Crippen molar-refractivity contribution in [3.05, 3.63) is 48.3 Å². The van der Waals surface area contributed by atoms with Crippen molar-refractivity contribution in [2.45, 2.75) is 25.7 Å². The molecular weight excluding hydrogens is 288 g/mol. The van der Waals surface area contributed by atoms with Crippen molar-refractivity contribution >= 4 is 17.5 Å². The molecular formula is C18H22N4O. The molecule has 0 unspecified atom stereocenters. The zero-order valence-electron chi connectivity index (χ0n) is 13.5. The summed E-state index contributed by atoms with van der Waals surface area (Å²) in [5.74, 6) is 0.550. The van der Waals surface area contributed by atoms with Gasteiger partial charge < -0.3 is 9.80 Å². The van der Waals surface area contributed by atoms with E-state index < -0.39 is 0 Å². The number of likely N-dealkylation sites (tertiary alicyclic amines) is 1. The van der Waals surface area contributed by atoms with Gasteiger partial charge in [-0.05, 0) is 31.0 Å². The molecule has 0 N–H and O–H groups in total. The molecule has 1 aliphatic heterocycles. The highest BCUT2D eigenvalue weighted by Gasteiger charge is 2.19. The Morgan fingerprint density at radius 2 is 1.74 bits per heavy atom. The average molecular weight is 310 g/mol. The molecule has 23 heavy (non-hydrogen) atoms. The third-order valence-corrected chi connectivity index (χ3v) is 4.20. The summed E-state index contributed by atoms with van der Waals surface area (Å²) in [6.45, 7) is 1.65. The van der Waals surface area contributed by atoms with Gasteiger partial charge in [-0.1, -0.05) is 31.0 Å². The number of para-hydroxylation sites is 1. The van der Waals surface area contributed by atoms with Crippen LogP contribution in [0.25, 0.3) is 0 Å². The number of rotatable bonds is 3. The van der Waals surface area contributed by atoms with Crippen molar-refractivity contribution in [1.29, 1.82) is 0 Å².